The van der Waals surface area contributed by atoms with E-state index in [0.717, 1.165) is 11.1 Å². The molecule has 1 amide bonds. The van der Waals surface area contributed by atoms with Crippen LogP contribution in [0.15, 0.2) is 89.5 Å². The Labute approximate surface area is 191 Å². The van der Waals surface area contributed by atoms with Crippen LogP contribution in [0.25, 0.3) is 11.1 Å². The Morgan fingerprint density at radius 3 is 2.12 bits per heavy atom. The highest BCUT2D eigenvalue weighted by atomic mass is 16.5. The maximum atomic E-state index is 11.3. The first-order valence-electron chi connectivity index (χ1n) is 10.4. The number of anilines is 1. The van der Waals surface area contributed by atoms with Crippen LogP contribution in [-0.4, -0.2) is 16.4 Å². The number of amides is 1. The monoisotopic (exact) mass is 438 g/mol. The average molecular weight is 438 g/mol. The summed E-state index contributed by atoms with van der Waals surface area (Å²) in [6.45, 7) is 1.76. The highest BCUT2D eigenvalue weighted by molar-refractivity contribution is 5.91. The van der Waals surface area contributed by atoms with Crippen molar-refractivity contribution < 1.29 is 14.4 Å². The summed E-state index contributed by atoms with van der Waals surface area (Å²) < 4.78 is 5.63. The number of nitriles is 1. The summed E-state index contributed by atoms with van der Waals surface area (Å²) in [5.74, 6) is 0.325. The highest BCUT2D eigenvalue weighted by Crippen LogP contribution is 2.37. The normalized spacial score (nSPS) is 11.7. The van der Waals surface area contributed by atoms with Crippen LogP contribution in [-0.2, 0) is 0 Å². The van der Waals surface area contributed by atoms with Crippen LogP contribution in [0.1, 0.15) is 34.7 Å². The fourth-order valence-electron chi connectivity index (χ4n) is 3.85. The second-order valence-corrected chi connectivity index (χ2v) is 7.47. The largest absolute Gasteiger partial charge is 0.465 e. The molecule has 3 N–H and O–H groups in total. The molecule has 0 aliphatic carbocycles. The van der Waals surface area contributed by atoms with Gasteiger partial charge in [-0.1, -0.05) is 84.0 Å². The lowest BCUT2D eigenvalue weighted by molar-refractivity contribution is 0.210. The third kappa shape index (κ3) is 4.76. The van der Waals surface area contributed by atoms with Crippen LogP contribution in [0.3, 0.4) is 0 Å². The van der Waals surface area contributed by atoms with E-state index in [4.69, 9.17) is 4.52 Å². The third-order valence-electron chi connectivity index (χ3n) is 5.32. The summed E-state index contributed by atoms with van der Waals surface area (Å²) in [5, 5.41) is 29.3. The zero-order valence-corrected chi connectivity index (χ0v) is 17.9. The molecular formula is C26H22N4O3. The van der Waals surface area contributed by atoms with E-state index in [1.54, 1.807) is 31.2 Å². The van der Waals surface area contributed by atoms with E-state index in [1.165, 1.54) is 0 Å². The minimum atomic E-state index is -1.18. The smallest absolute Gasteiger partial charge is 0.409 e. The molecule has 4 rings (SSSR count). The summed E-state index contributed by atoms with van der Waals surface area (Å²) in [5.41, 5.74) is 4.11. The van der Waals surface area contributed by atoms with Gasteiger partial charge in [0.25, 0.3) is 0 Å². The van der Waals surface area contributed by atoms with Crippen LogP contribution in [0.5, 0.6) is 0 Å². The molecule has 4 aromatic rings. The molecule has 7 nitrogen and oxygen atoms in total. The number of rotatable bonds is 7. The molecule has 1 aromatic heterocycles. The number of benzene rings is 3. The van der Waals surface area contributed by atoms with Gasteiger partial charge >= 0.3 is 6.09 Å². The molecule has 0 fully saturated rings. The molecule has 7 heteroatoms. The second-order valence-electron chi connectivity index (χ2n) is 7.47. The average Bonchev–Trinajstić information content (AvgIpc) is 3.22. The van der Waals surface area contributed by atoms with E-state index in [-0.39, 0.29) is 6.04 Å². The van der Waals surface area contributed by atoms with Crippen molar-refractivity contribution in [2.45, 2.75) is 19.0 Å². The van der Waals surface area contributed by atoms with E-state index in [0.29, 0.717) is 28.3 Å². The number of aromatic nitrogens is 1. The van der Waals surface area contributed by atoms with Crippen LogP contribution in [0.4, 0.5) is 10.5 Å². The standard InChI is InChI=1S/C26H22N4O3/c1-17-23(20-14-8-9-15-21(20)29-26(31)32)25(33-30-17)22(16-27)28-24(18-10-4-2-5-11-18)19-12-6-3-7-13-19/h2-15,22,24,28-29H,1H3,(H,31,32). The first-order valence-corrected chi connectivity index (χ1v) is 10.4. The molecule has 0 spiro atoms. The number of nitrogens with one attached hydrogen (secondary N) is 2. The van der Waals surface area contributed by atoms with Gasteiger partial charge in [-0.3, -0.25) is 10.6 Å². The lowest BCUT2D eigenvalue weighted by Gasteiger charge is -2.22. The number of nitrogens with zero attached hydrogens (tertiary/aromatic N) is 2. The Balaban J connectivity index is 1.77. The summed E-state index contributed by atoms with van der Waals surface area (Å²) >= 11 is 0. The zero-order valence-electron chi connectivity index (χ0n) is 17.9. The lowest BCUT2D eigenvalue weighted by atomic mass is 9.95. The zero-order chi connectivity index (χ0) is 23.2. The predicted octanol–water partition coefficient (Wildman–Crippen LogP) is 5.68. The number of carboxylic acid groups (broad SMARTS) is 1. The summed E-state index contributed by atoms with van der Waals surface area (Å²) in [6, 6.07) is 27.8. The number of para-hydroxylation sites is 1. The maximum absolute atomic E-state index is 11.3. The Hall–Kier alpha value is -4.41. The van der Waals surface area contributed by atoms with Crippen molar-refractivity contribution in [1.82, 2.24) is 10.5 Å². The Morgan fingerprint density at radius 1 is 0.970 bits per heavy atom. The van der Waals surface area contributed by atoms with Gasteiger partial charge in [-0.25, -0.2) is 4.79 Å². The molecule has 1 heterocycles. The molecule has 1 unspecified atom stereocenters. The van der Waals surface area contributed by atoms with E-state index in [2.05, 4.69) is 21.9 Å². The number of carbonyl (C=O) groups is 1. The molecule has 0 saturated carbocycles. The van der Waals surface area contributed by atoms with E-state index in [9.17, 15) is 15.2 Å². The number of hydrogen-bond acceptors (Lipinski definition) is 5. The molecule has 33 heavy (non-hydrogen) atoms. The first kappa shape index (κ1) is 21.8. The van der Waals surface area contributed by atoms with Crippen molar-refractivity contribution in [2.75, 3.05) is 5.32 Å². The summed E-state index contributed by atoms with van der Waals surface area (Å²) in [4.78, 5) is 11.3. The van der Waals surface area contributed by atoms with Crippen LogP contribution in [0, 0.1) is 18.3 Å². The van der Waals surface area contributed by atoms with Gasteiger partial charge in [0.1, 0.15) is 0 Å². The van der Waals surface area contributed by atoms with Gasteiger partial charge in [-0.15, -0.1) is 0 Å². The maximum Gasteiger partial charge on any atom is 0.409 e. The second kappa shape index (κ2) is 9.81. The quantitative estimate of drug-likeness (QED) is 0.342. The Bertz CT molecular complexity index is 1240. The Kier molecular flexibility index (Phi) is 6.48. The fraction of sp³-hybridized carbons (Fsp3) is 0.115. The summed E-state index contributed by atoms with van der Waals surface area (Å²) in [7, 11) is 0. The van der Waals surface area contributed by atoms with Gasteiger partial charge in [0, 0.05) is 5.56 Å². The van der Waals surface area contributed by atoms with E-state index < -0.39 is 12.1 Å². The molecule has 3 aromatic carbocycles. The van der Waals surface area contributed by atoms with Crippen LogP contribution >= 0.6 is 0 Å². The van der Waals surface area contributed by atoms with Gasteiger partial charge in [0.15, 0.2) is 11.8 Å². The van der Waals surface area contributed by atoms with Gasteiger partial charge in [-0.2, -0.15) is 5.26 Å². The van der Waals surface area contributed by atoms with Gasteiger partial charge < -0.3 is 9.63 Å². The minimum absolute atomic E-state index is 0.275. The predicted molar refractivity (Wildman–Crippen MR) is 125 cm³/mol. The van der Waals surface area contributed by atoms with Crippen molar-refractivity contribution in [1.29, 1.82) is 5.26 Å². The van der Waals surface area contributed by atoms with Crippen molar-refractivity contribution in [3.05, 3.63) is 108 Å². The van der Waals surface area contributed by atoms with Gasteiger partial charge in [0.2, 0.25) is 0 Å². The minimum Gasteiger partial charge on any atom is -0.465 e. The van der Waals surface area contributed by atoms with E-state index in [1.807, 2.05) is 60.7 Å². The molecule has 164 valence electrons. The van der Waals surface area contributed by atoms with Crippen molar-refractivity contribution in [2.24, 2.45) is 0 Å². The topological polar surface area (TPSA) is 111 Å². The summed E-state index contributed by atoms with van der Waals surface area (Å²) in [6.07, 6.45) is -1.18. The SMILES string of the molecule is Cc1noc(C(C#N)NC(c2ccccc2)c2ccccc2)c1-c1ccccc1NC(=O)O. The molecule has 0 aliphatic rings. The van der Waals surface area contributed by atoms with Crippen molar-refractivity contribution in [3.8, 4) is 17.2 Å². The third-order valence-corrected chi connectivity index (χ3v) is 5.32. The van der Waals surface area contributed by atoms with E-state index >= 15 is 0 Å². The number of hydrogen-bond donors (Lipinski definition) is 3. The molecule has 0 radical (unpaired) electrons. The van der Waals surface area contributed by atoms with Crippen LogP contribution < -0.4 is 10.6 Å². The number of aryl methyl sites for hydroxylation is 1. The fourth-order valence-corrected chi connectivity index (χ4v) is 3.85. The highest BCUT2D eigenvalue weighted by Gasteiger charge is 2.28. The van der Waals surface area contributed by atoms with Gasteiger partial charge in [-0.05, 0) is 24.1 Å². The van der Waals surface area contributed by atoms with Crippen molar-refractivity contribution >= 4 is 11.8 Å². The molecule has 0 bridgehead atoms. The Morgan fingerprint density at radius 2 is 1.55 bits per heavy atom. The molecule has 0 saturated heterocycles. The molecule has 0 aliphatic heterocycles. The van der Waals surface area contributed by atoms with Crippen LogP contribution in [0.2, 0.25) is 0 Å². The van der Waals surface area contributed by atoms with Crippen molar-refractivity contribution in [3.63, 3.8) is 0 Å². The lowest BCUT2D eigenvalue weighted by Crippen LogP contribution is -2.26. The first-order chi connectivity index (χ1) is 16.1. The molecule has 1 atom stereocenters. The molecular weight excluding hydrogens is 416 g/mol. The van der Waals surface area contributed by atoms with Gasteiger partial charge in [0.05, 0.1) is 29.1 Å².